The first-order chi connectivity index (χ1) is 19.2. The van der Waals surface area contributed by atoms with E-state index in [1.165, 1.54) is 11.3 Å². The molecule has 1 aliphatic heterocycles. The van der Waals surface area contributed by atoms with Gasteiger partial charge in [0.2, 0.25) is 17.7 Å². The van der Waals surface area contributed by atoms with Crippen LogP contribution < -0.4 is 16.0 Å². The van der Waals surface area contributed by atoms with Gasteiger partial charge in [-0.25, -0.2) is 4.98 Å². The number of carbonyl (C=O) groups excluding carboxylic acids is 3. The minimum absolute atomic E-state index is 0.180. The van der Waals surface area contributed by atoms with Crippen molar-refractivity contribution in [1.82, 2.24) is 30.7 Å². The Labute approximate surface area is 245 Å². The van der Waals surface area contributed by atoms with Crippen molar-refractivity contribution in [3.05, 3.63) is 40.4 Å². The quantitative estimate of drug-likeness (QED) is 0.329. The summed E-state index contributed by atoms with van der Waals surface area (Å²) in [5.41, 5.74) is 1.35. The third-order valence-electron chi connectivity index (χ3n) is 7.86. The third-order valence-corrected chi connectivity index (χ3v) is 9.13. The Morgan fingerprint density at radius 3 is 2.58 bits per heavy atom. The van der Waals surface area contributed by atoms with Crippen LogP contribution in [0.2, 0.25) is 5.02 Å². The summed E-state index contributed by atoms with van der Waals surface area (Å²) in [5.74, 6) is -0.376. The zero-order valence-electron chi connectivity index (χ0n) is 23.5. The monoisotopic (exact) mass is 588 g/mol. The van der Waals surface area contributed by atoms with Crippen molar-refractivity contribution in [2.45, 2.75) is 57.5 Å². The van der Waals surface area contributed by atoms with Gasteiger partial charge in [0.1, 0.15) is 6.04 Å². The van der Waals surface area contributed by atoms with Crippen LogP contribution in [0.1, 0.15) is 44.0 Å². The molecule has 3 amide bonds. The number of hydrogen-bond donors (Lipinski definition) is 3. The maximum Gasteiger partial charge on any atom is 0.247 e. The molecule has 1 saturated carbocycles. The number of fused-ring (bicyclic) bond motifs is 1. The van der Waals surface area contributed by atoms with Crippen molar-refractivity contribution in [1.29, 1.82) is 0 Å². The van der Waals surface area contributed by atoms with Crippen LogP contribution in [0.3, 0.4) is 0 Å². The van der Waals surface area contributed by atoms with Crippen molar-refractivity contribution in [3.8, 4) is 0 Å². The lowest BCUT2D eigenvalue weighted by Gasteiger charge is -2.32. The molecule has 1 saturated heterocycles. The molecule has 218 valence electrons. The Morgan fingerprint density at radius 2 is 1.88 bits per heavy atom. The van der Waals surface area contributed by atoms with E-state index in [2.05, 4.69) is 44.4 Å². The lowest BCUT2D eigenvalue weighted by atomic mass is 9.97. The van der Waals surface area contributed by atoms with Gasteiger partial charge in [0.05, 0.1) is 15.2 Å². The molecule has 1 aromatic carbocycles. The van der Waals surface area contributed by atoms with Crippen LogP contribution in [-0.2, 0) is 20.8 Å². The van der Waals surface area contributed by atoms with Crippen LogP contribution in [0.25, 0.3) is 10.2 Å². The fraction of sp³-hybridized carbons (Fsp3) is 0.586. The molecule has 2 aliphatic rings. The number of likely N-dealkylation sites (N-methyl/N-ethyl adjacent to an activating group) is 1. The summed E-state index contributed by atoms with van der Waals surface area (Å²) in [6.45, 7) is 10.4. The van der Waals surface area contributed by atoms with E-state index in [9.17, 15) is 14.4 Å². The lowest BCUT2D eigenvalue weighted by molar-refractivity contribution is -0.129. The zero-order chi connectivity index (χ0) is 28.6. The summed E-state index contributed by atoms with van der Waals surface area (Å²) in [4.78, 5) is 48.0. The molecule has 0 spiro atoms. The molecule has 1 aliphatic carbocycles. The van der Waals surface area contributed by atoms with Crippen LogP contribution in [0.15, 0.2) is 30.4 Å². The first-order valence-corrected chi connectivity index (χ1v) is 15.4. The second kappa shape index (κ2) is 14.4. The highest BCUT2D eigenvalue weighted by Gasteiger charge is 2.31. The van der Waals surface area contributed by atoms with E-state index in [4.69, 9.17) is 11.6 Å². The average Bonchev–Trinajstić information content (AvgIpc) is 3.61. The van der Waals surface area contributed by atoms with Crippen molar-refractivity contribution in [3.63, 3.8) is 0 Å². The second-order valence-electron chi connectivity index (χ2n) is 11.0. The first-order valence-electron chi connectivity index (χ1n) is 14.2. The molecule has 40 heavy (non-hydrogen) atoms. The molecule has 4 rings (SSSR count). The number of nitrogens with zero attached hydrogens (tertiary/aromatic N) is 3. The van der Waals surface area contributed by atoms with Crippen LogP contribution in [0, 0.1) is 5.92 Å². The van der Waals surface area contributed by atoms with Crippen molar-refractivity contribution < 1.29 is 14.4 Å². The number of nitrogens with one attached hydrogen (secondary N) is 3. The Morgan fingerprint density at radius 1 is 1.15 bits per heavy atom. The molecule has 2 atom stereocenters. The van der Waals surface area contributed by atoms with Crippen LogP contribution in [0.5, 0.6) is 0 Å². The topological polar surface area (TPSA) is 107 Å². The summed E-state index contributed by atoms with van der Waals surface area (Å²) < 4.78 is 0.937. The molecule has 2 heterocycles. The smallest absolute Gasteiger partial charge is 0.247 e. The van der Waals surface area contributed by atoms with E-state index in [1.807, 2.05) is 12.1 Å². The Hall–Kier alpha value is -2.53. The van der Waals surface area contributed by atoms with Crippen LogP contribution in [0.4, 0.5) is 0 Å². The van der Waals surface area contributed by atoms with Gasteiger partial charge < -0.3 is 20.9 Å². The fourth-order valence-corrected chi connectivity index (χ4v) is 6.66. The lowest BCUT2D eigenvalue weighted by Crippen LogP contribution is -2.55. The molecule has 3 N–H and O–H groups in total. The van der Waals surface area contributed by atoms with Gasteiger partial charge in [0, 0.05) is 68.7 Å². The standard InChI is InChI=1S/C29H41ClN6O3S/c1-4-26(37)32-23(16-27-33-22-10-9-21(30)15-25(22)40-27)29(39)34-24(20-7-5-6-8-20)17-31-28(38)19(2)18-36-13-11-35(3)12-14-36/h9-10,15,20,23-24H,2,4-8,11-14,16-18H2,1,3H3,(H,31,38)(H,32,37)(H,34,39)/t23-,24+/m0/s1. The van der Waals surface area contributed by atoms with E-state index in [0.29, 0.717) is 23.7 Å². The van der Waals surface area contributed by atoms with Crippen LogP contribution in [-0.4, -0.2) is 90.9 Å². The Bertz CT molecular complexity index is 1210. The number of aromatic nitrogens is 1. The molecule has 0 radical (unpaired) electrons. The number of halogens is 1. The number of thiazole rings is 1. The van der Waals surface area contributed by atoms with Gasteiger partial charge in [0.25, 0.3) is 0 Å². The van der Waals surface area contributed by atoms with Gasteiger partial charge in [-0.2, -0.15) is 0 Å². The van der Waals surface area contributed by atoms with Crippen molar-refractivity contribution in [2.24, 2.45) is 5.92 Å². The number of benzene rings is 1. The summed E-state index contributed by atoms with van der Waals surface area (Å²) in [6.07, 6.45) is 4.74. The Balaban J connectivity index is 1.39. The number of rotatable bonds is 12. The number of piperazine rings is 1. The number of hydrogen-bond acceptors (Lipinski definition) is 7. The van der Waals surface area contributed by atoms with Crippen molar-refractivity contribution in [2.75, 3.05) is 46.3 Å². The van der Waals surface area contributed by atoms with Crippen LogP contribution >= 0.6 is 22.9 Å². The predicted molar refractivity (Wildman–Crippen MR) is 161 cm³/mol. The number of carbonyl (C=O) groups is 3. The second-order valence-corrected chi connectivity index (χ2v) is 12.5. The highest BCUT2D eigenvalue weighted by atomic mass is 35.5. The molecule has 9 nitrogen and oxygen atoms in total. The Kier molecular flexibility index (Phi) is 10.9. The van der Waals surface area contributed by atoms with E-state index < -0.39 is 6.04 Å². The van der Waals surface area contributed by atoms with E-state index in [1.54, 1.807) is 13.0 Å². The molecule has 0 bridgehead atoms. The molecule has 2 aromatic rings. The fourth-order valence-electron chi connectivity index (χ4n) is 5.37. The first kappa shape index (κ1) is 30.4. The van der Waals surface area contributed by atoms with Gasteiger partial charge >= 0.3 is 0 Å². The molecule has 0 unspecified atom stereocenters. The largest absolute Gasteiger partial charge is 0.350 e. The van der Waals surface area contributed by atoms with Gasteiger partial charge in [-0.15, -0.1) is 11.3 Å². The minimum atomic E-state index is -0.768. The van der Waals surface area contributed by atoms with Gasteiger partial charge in [-0.05, 0) is 44.0 Å². The third kappa shape index (κ3) is 8.49. The SMILES string of the molecule is C=C(CN1CCN(C)CC1)C(=O)NC[C@@H](NC(=O)[C@H](Cc1nc2ccc(Cl)cc2s1)NC(=O)CC)C1CCCC1. The molecule has 11 heteroatoms. The van der Waals surface area contributed by atoms with Gasteiger partial charge in [0.15, 0.2) is 0 Å². The maximum absolute atomic E-state index is 13.6. The highest BCUT2D eigenvalue weighted by Crippen LogP contribution is 2.28. The summed E-state index contributed by atoms with van der Waals surface area (Å²) in [6, 6.07) is 4.50. The van der Waals surface area contributed by atoms with E-state index in [-0.39, 0.29) is 42.5 Å². The summed E-state index contributed by atoms with van der Waals surface area (Å²) in [5, 5.41) is 10.5. The van der Waals surface area contributed by atoms with Gasteiger partial charge in [-0.3, -0.25) is 19.3 Å². The number of amides is 3. The average molecular weight is 589 g/mol. The normalized spacial score (nSPS) is 18.4. The summed E-state index contributed by atoms with van der Waals surface area (Å²) in [7, 11) is 2.10. The molecular formula is C29H41ClN6O3S. The van der Waals surface area contributed by atoms with Crippen molar-refractivity contribution >= 4 is 50.9 Å². The highest BCUT2D eigenvalue weighted by molar-refractivity contribution is 7.18. The molecule has 1 aromatic heterocycles. The maximum atomic E-state index is 13.6. The summed E-state index contributed by atoms with van der Waals surface area (Å²) >= 11 is 7.60. The minimum Gasteiger partial charge on any atom is -0.350 e. The van der Waals surface area contributed by atoms with Gasteiger partial charge in [-0.1, -0.05) is 37.9 Å². The predicted octanol–water partition coefficient (Wildman–Crippen LogP) is 2.98. The van der Waals surface area contributed by atoms with E-state index >= 15 is 0 Å². The van der Waals surface area contributed by atoms with E-state index in [0.717, 1.165) is 67.1 Å². The molecule has 2 fully saturated rings. The zero-order valence-corrected chi connectivity index (χ0v) is 25.1. The molecular weight excluding hydrogens is 548 g/mol.